The fourth-order valence-electron chi connectivity index (χ4n) is 3.55. The van der Waals surface area contributed by atoms with Crippen molar-refractivity contribution in [2.45, 2.75) is 12.6 Å². The second-order valence-electron chi connectivity index (χ2n) is 7.13. The van der Waals surface area contributed by atoms with Crippen LogP contribution in [0.5, 0.6) is 5.75 Å². The highest BCUT2D eigenvalue weighted by Crippen LogP contribution is 2.36. The van der Waals surface area contributed by atoms with E-state index in [1.807, 2.05) is 78.9 Å². The lowest BCUT2D eigenvalue weighted by atomic mass is 9.92. The number of amides is 2. The lowest BCUT2D eigenvalue weighted by Crippen LogP contribution is -2.45. The molecule has 4 rings (SSSR count). The standard InChI is InChI=1S/C25H21BrN2O4/c1-31-24(29)21-22(17-7-3-2-4-8-17)27-25(30)28-23(21)19-9-5-6-10-20(19)32-15-16-11-13-18(26)14-12-16/h2-14,23H,15H2,1H3,(H2,27,28,30). The predicted molar refractivity (Wildman–Crippen MR) is 125 cm³/mol. The first kappa shape index (κ1) is 21.6. The molecule has 0 saturated heterocycles. The first-order valence-electron chi connectivity index (χ1n) is 9.98. The first-order valence-corrected chi connectivity index (χ1v) is 10.8. The van der Waals surface area contributed by atoms with Crippen LogP contribution in [0.3, 0.4) is 0 Å². The van der Waals surface area contributed by atoms with E-state index in [9.17, 15) is 9.59 Å². The number of rotatable bonds is 6. The van der Waals surface area contributed by atoms with Gasteiger partial charge in [-0.05, 0) is 29.3 Å². The molecule has 0 aromatic heterocycles. The molecule has 0 spiro atoms. The number of benzene rings is 3. The van der Waals surface area contributed by atoms with Crippen molar-refractivity contribution in [1.29, 1.82) is 0 Å². The van der Waals surface area contributed by atoms with E-state index in [2.05, 4.69) is 26.6 Å². The van der Waals surface area contributed by atoms with Crippen LogP contribution in [0.1, 0.15) is 22.7 Å². The number of ether oxygens (including phenoxy) is 2. The molecule has 32 heavy (non-hydrogen) atoms. The second-order valence-corrected chi connectivity index (χ2v) is 8.05. The van der Waals surface area contributed by atoms with Crippen molar-refractivity contribution in [3.8, 4) is 5.75 Å². The quantitative estimate of drug-likeness (QED) is 0.476. The minimum Gasteiger partial charge on any atom is -0.489 e. The average molecular weight is 493 g/mol. The summed E-state index contributed by atoms with van der Waals surface area (Å²) < 4.78 is 12.2. The van der Waals surface area contributed by atoms with Gasteiger partial charge in [0, 0.05) is 10.0 Å². The molecule has 0 radical (unpaired) electrons. The molecular formula is C25H21BrN2O4. The van der Waals surface area contributed by atoms with E-state index in [1.54, 1.807) is 0 Å². The minimum absolute atomic E-state index is 0.304. The van der Waals surface area contributed by atoms with Crippen LogP contribution in [0.2, 0.25) is 0 Å². The van der Waals surface area contributed by atoms with Gasteiger partial charge in [0.25, 0.3) is 0 Å². The van der Waals surface area contributed by atoms with Crippen molar-refractivity contribution in [3.05, 3.63) is 106 Å². The van der Waals surface area contributed by atoms with Gasteiger partial charge in [0.1, 0.15) is 12.4 Å². The van der Waals surface area contributed by atoms with Gasteiger partial charge >= 0.3 is 12.0 Å². The zero-order valence-electron chi connectivity index (χ0n) is 17.3. The molecule has 2 amide bonds. The molecule has 2 N–H and O–H groups in total. The number of urea groups is 1. The summed E-state index contributed by atoms with van der Waals surface area (Å²) in [6.45, 7) is 0.339. The van der Waals surface area contributed by atoms with Crippen molar-refractivity contribution in [2.75, 3.05) is 7.11 Å². The van der Waals surface area contributed by atoms with Gasteiger partial charge in [-0.15, -0.1) is 0 Å². The van der Waals surface area contributed by atoms with Crippen molar-refractivity contribution in [3.63, 3.8) is 0 Å². The fourth-order valence-corrected chi connectivity index (χ4v) is 3.82. The molecule has 1 heterocycles. The number of nitrogens with one attached hydrogen (secondary N) is 2. The van der Waals surface area contributed by atoms with Gasteiger partial charge in [-0.1, -0.05) is 76.6 Å². The zero-order chi connectivity index (χ0) is 22.5. The Kier molecular flexibility index (Phi) is 6.56. The van der Waals surface area contributed by atoms with E-state index in [1.165, 1.54) is 7.11 Å². The van der Waals surface area contributed by atoms with Crippen LogP contribution in [0.4, 0.5) is 4.79 Å². The molecule has 6 nitrogen and oxygen atoms in total. The molecule has 0 bridgehead atoms. The van der Waals surface area contributed by atoms with Crippen LogP contribution in [0, 0.1) is 0 Å². The van der Waals surface area contributed by atoms with Crippen LogP contribution < -0.4 is 15.4 Å². The summed E-state index contributed by atoms with van der Waals surface area (Å²) in [5.74, 6) is 0.0282. The third-order valence-corrected chi connectivity index (χ3v) is 5.61. The number of esters is 1. The fraction of sp³-hybridized carbons (Fsp3) is 0.120. The van der Waals surface area contributed by atoms with E-state index in [4.69, 9.17) is 9.47 Å². The van der Waals surface area contributed by atoms with E-state index in [0.717, 1.165) is 10.0 Å². The molecule has 0 saturated carbocycles. The number of methoxy groups -OCH3 is 1. The lowest BCUT2D eigenvalue weighted by molar-refractivity contribution is -0.136. The monoisotopic (exact) mass is 492 g/mol. The normalized spacial score (nSPS) is 15.6. The smallest absolute Gasteiger partial charge is 0.338 e. The summed E-state index contributed by atoms with van der Waals surface area (Å²) in [5.41, 5.74) is 3.08. The van der Waals surface area contributed by atoms with Gasteiger partial charge in [-0.2, -0.15) is 0 Å². The van der Waals surface area contributed by atoms with Gasteiger partial charge in [0.2, 0.25) is 0 Å². The van der Waals surface area contributed by atoms with Crippen molar-refractivity contribution >= 4 is 33.6 Å². The van der Waals surface area contributed by atoms with Crippen LogP contribution in [-0.2, 0) is 16.1 Å². The predicted octanol–water partition coefficient (Wildman–Crippen LogP) is 4.97. The van der Waals surface area contributed by atoms with E-state index in [-0.39, 0.29) is 0 Å². The number of para-hydroxylation sites is 1. The largest absolute Gasteiger partial charge is 0.489 e. The van der Waals surface area contributed by atoms with Gasteiger partial charge in [0.15, 0.2) is 0 Å². The summed E-state index contributed by atoms with van der Waals surface area (Å²) in [6, 6.07) is 23.2. The highest BCUT2D eigenvalue weighted by molar-refractivity contribution is 9.10. The van der Waals surface area contributed by atoms with Gasteiger partial charge in [-0.3, -0.25) is 0 Å². The summed E-state index contributed by atoms with van der Waals surface area (Å²) in [6.07, 6.45) is 0. The maximum Gasteiger partial charge on any atom is 0.338 e. The molecule has 0 fully saturated rings. The molecule has 1 atom stereocenters. The van der Waals surface area contributed by atoms with Crippen LogP contribution >= 0.6 is 15.9 Å². The Morgan fingerprint density at radius 2 is 1.66 bits per heavy atom. The number of hydrogen-bond donors (Lipinski definition) is 2. The number of halogens is 1. The Labute approximate surface area is 194 Å². The molecule has 3 aromatic rings. The molecule has 1 aliphatic rings. The molecule has 0 aliphatic carbocycles. The van der Waals surface area contributed by atoms with Crippen LogP contribution in [-0.4, -0.2) is 19.1 Å². The number of carbonyl (C=O) groups excluding carboxylic acids is 2. The number of hydrogen-bond acceptors (Lipinski definition) is 4. The van der Waals surface area contributed by atoms with Crippen LogP contribution in [0.15, 0.2) is 88.9 Å². The van der Waals surface area contributed by atoms with E-state index < -0.39 is 18.0 Å². The van der Waals surface area contributed by atoms with Crippen LogP contribution in [0.25, 0.3) is 5.70 Å². The lowest BCUT2D eigenvalue weighted by Gasteiger charge is -2.30. The van der Waals surface area contributed by atoms with Gasteiger partial charge in [-0.25, -0.2) is 9.59 Å². The Morgan fingerprint density at radius 1 is 0.969 bits per heavy atom. The Morgan fingerprint density at radius 3 is 2.38 bits per heavy atom. The summed E-state index contributed by atoms with van der Waals surface area (Å²) in [4.78, 5) is 25.4. The summed E-state index contributed by atoms with van der Waals surface area (Å²) >= 11 is 3.43. The molecule has 3 aromatic carbocycles. The maximum atomic E-state index is 12.8. The minimum atomic E-state index is -0.743. The van der Waals surface area contributed by atoms with Crippen molar-refractivity contribution in [1.82, 2.24) is 10.6 Å². The van der Waals surface area contributed by atoms with Crippen molar-refractivity contribution in [2.24, 2.45) is 0 Å². The molecular weight excluding hydrogens is 472 g/mol. The van der Waals surface area contributed by atoms with Crippen molar-refractivity contribution < 1.29 is 19.1 Å². The van der Waals surface area contributed by atoms with Gasteiger partial charge in [0.05, 0.1) is 24.4 Å². The number of carbonyl (C=O) groups is 2. The Balaban J connectivity index is 1.75. The topological polar surface area (TPSA) is 76.7 Å². The molecule has 1 unspecified atom stereocenters. The highest BCUT2D eigenvalue weighted by Gasteiger charge is 2.35. The summed E-state index contributed by atoms with van der Waals surface area (Å²) in [5, 5.41) is 5.61. The molecule has 162 valence electrons. The Bertz CT molecular complexity index is 1160. The third kappa shape index (κ3) is 4.68. The molecule has 7 heteroatoms. The van der Waals surface area contributed by atoms with E-state index in [0.29, 0.717) is 34.8 Å². The highest BCUT2D eigenvalue weighted by atomic mass is 79.9. The van der Waals surface area contributed by atoms with Gasteiger partial charge < -0.3 is 20.1 Å². The summed E-state index contributed by atoms with van der Waals surface area (Å²) in [7, 11) is 1.32. The zero-order valence-corrected chi connectivity index (χ0v) is 18.9. The van der Waals surface area contributed by atoms with E-state index >= 15 is 0 Å². The third-order valence-electron chi connectivity index (χ3n) is 5.08. The molecule has 1 aliphatic heterocycles. The first-order chi connectivity index (χ1) is 15.6. The maximum absolute atomic E-state index is 12.8. The average Bonchev–Trinajstić information content (AvgIpc) is 2.83. The Hall–Kier alpha value is -3.58. The second kappa shape index (κ2) is 9.70. The SMILES string of the molecule is COC(=O)C1=C(c2ccccc2)NC(=O)NC1c1ccccc1OCc1ccc(Br)cc1.